The Morgan fingerprint density at radius 3 is 2.45 bits per heavy atom. The number of carbonyl (C=O) groups excluding carboxylic acids is 1. The number of alkyl halides is 3. The number of rotatable bonds is 5. The molecule has 1 aliphatic heterocycles. The van der Waals surface area contributed by atoms with Gasteiger partial charge < -0.3 is 9.64 Å². The van der Waals surface area contributed by atoms with Gasteiger partial charge in [-0.1, -0.05) is 6.07 Å². The van der Waals surface area contributed by atoms with E-state index in [0.29, 0.717) is 30.9 Å². The molecule has 1 atom stereocenters. The first kappa shape index (κ1) is 26.2. The minimum absolute atomic E-state index is 0.0500. The number of nitrogens with zero attached hydrogens (tertiary/aromatic N) is 6. The van der Waals surface area contributed by atoms with Crippen LogP contribution in [0.15, 0.2) is 55.0 Å². The summed E-state index contributed by atoms with van der Waals surface area (Å²) < 4.78 is 48.9. The molecule has 1 aliphatic carbocycles. The van der Waals surface area contributed by atoms with Crippen molar-refractivity contribution in [1.82, 2.24) is 29.4 Å². The number of aromatic nitrogens is 4. The molecule has 0 N–H and O–H groups in total. The van der Waals surface area contributed by atoms with Crippen molar-refractivity contribution in [3.8, 4) is 17.0 Å². The Morgan fingerprint density at radius 1 is 1.10 bits per heavy atom. The molecule has 2 fully saturated rings. The maximum atomic E-state index is 14.3. The van der Waals surface area contributed by atoms with Gasteiger partial charge in [0.05, 0.1) is 19.0 Å². The predicted molar refractivity (Wildman–Crippen MR) is 142 cm³/mol. The Bertz CT molecular complexity index is 1560. The standard InChI is InChI=1S/C29H29F3N6O2/c1-18-17-36(28(10-11-28)21-5-4-12-33-15-21)13-14-37(18)27(39)23-16-34-38-25(29(30,31)32)19(2)24(35-26(23)38)20-6-8-22(40-3)9-7-20/h4-9,12,15-16,18H,10-11,13-14,17H2,1-3H3/t18-/m1/s1. The maximum Gasteiger partial charge on any atom is 0.433 e. The first-order valence-corrected chi connectivity index (χ1v) is 13.2. The molecule has 1 aromatic carbocycles. The van der Waals surface area contributed by atoms with Gasteiger partial charge in [-0.25, -0.2) is 9.50 Å². The number of pyridine rings is 1. The molecule has 0 bridgehead atoms. The average Bonchev–Trinajstić information content (AvgIpc) is 3.66. The van der Waals surface area contributed by atoms with Gasteiger partial charge in [0.15, 0.2) is 11.3 Å². The summed E-state index contributed by atoms with van der Waals surface area (Å²) in [5.74, 6) is 0.196. The fourth-order valence-corrected chi connectivity index (χ4v) is 5.93. The third-order valence-electron chi connectivity index (χ3n) is 8.16. The average molecular weight is 551 g/mol. The number of halogens is 3. The molecule has 2 aliphatic rings. The second-order valence-corrected chi connectivity index (χ2v) is 10.5. The number of amides is 1. The topological polar surface area (TPSA) is 75.9 Å². The second kappa shape index (κ2) is 9.58. The summed E-state index contributed by atoms with van der Waals surface area (Å²) in [6.07, 6.45) is 2.22. The number of benzene rings is 1. The Balaban J connectivity index is 1.34. The third kappa shape index (κ3) is 4.28. The molecule has 11 heteroatoms. The predicted octanol–water partition coefficient (Wildman–Crippen LogP) is 4.96. The van der Waals surface area contributed by atoms with Crippen LogP contribution in [0.2, 0.25) is 0 Å². The zero-order valence-corrected chi connectivity index (χ0v) is 22.4. The van der Waals surface area contributed by atoms with Gasteiger partial charge in [0, 0.05) is 54.7 Å². The van der Waals surface area contributed by atoms with Crippen LogP contribution in [0.4, 0.5) is 13.2 Å². The second-order valence-electron chi connectivity index (χ2n) is 10.5. The molecule has 0 spiro atoms. The molecule has 1 amide bonds. The van der Waals surface area contributed by atoms with Crippen molar-refractivity contribution in [1.29, 1.82) is 0 Å². The van der Waals surface area contributed by atoms with Crippen molar-refractivity contribution < 1.29 is 22.7 Å². The van der Waals surface area contributed by atoms with Crippen LogP contribution in [0.3, 0.4) is 0 Å². The fourth-order valence-electron chi connectivity index (χ4n) is 5.93. The highest BCUT2D eigenvalue weighted by Gasteiger charge is 2.51. The number of ether oxygens (including phenoxy) is 1. The number of hydrogen-bond acceptors (Lipinski definition) is 6. The van der Waals surface area contributed by atoms with E-state index < -0.39 is 11.9 Å². The van der Waals surface area contributed by atoms with Crippen molar-refractivity contribution in [2.75, 3.05) is 26.7 Å². The fraction of sp³-hybridized carbons (Fsp3) is 0.379. The number of hydrogen-bond donors (Lipinski definition) is 0. The maximum absolute atomic E-state index is 14.3. The molecule has 208 valence electrons. The SMILES string of the molecule is COc1ccc(-c2nc3c(C(=O)N4CCN(C5(c6cccnc6)CC5)C[C@H]4C)cnn3c(C(F)(F)F)c2C)cc1. The Labute approximate surface area is 229 Å². The first-order valence-electron chi connectivity index (χ1n) is 13.2. The van der Waals surface area contributed by atoms with Crippen molar-refractivity contribution >= 4 is 11.6 Å². The van der Waals surface area contributed by atoms with Crippen molar-refractivity contribution in [2.45, 2.75) is 44.4 Å². The lowest BCUT2D eigenvalue weighted by molar-refractivity contribution is -0.143. The highest BCUT2D eigenvalue weighted by molar-refractivity contribution is 6.00. The van der Waals surface area contributed by atoms with E-state index in [1.54, 1.807) is 35.4 Å². The highest BCUT2D eigenvalue weighted by atomic mass is 19.4. The van der Waals surface area contributed by atoms with Gasteiger partial charge in [0.25, 0.3) is 5.91 Å². The molecule has 6 rings (SSSR count). The van der Waals surface area contributed by atoms with Gasteiger partial charge in [-0.3, -0.25) is 14.7 Å². The minimum atomic E-state index is -4.71. The van der Waals surface area contributed by atoms with E-state index in [2.05, 4.69) is 26.0 Å². The van der Waals surface area contributed by atoms with Gasteiger partial charge in [0.1, 0.15) is 11.3 Å². The lowest BCUT2D eigenvalue weighted by Crippen LogP contribution is -2.56. The van der Waals surface area contributed by atoms with Crippen molar-refractivity contribution in [3.63, 3.8) is 0 Å². The molecular formula is C29H29F3N6O2. The minimum Gasteiger partial charge on any atom is -0.497 e. The van der Waals surface area contributed by atoms with E-state index in [1.165, 1.54) is 25.8 Å². The molecule has 8 nitrogen and oxygen atoms in total. The number of carbonyl (C=O) groups is 1. The van der Waals surface area contributed by atoms with Crippen LogP contribution in [0, 0.1) is 6.92 Å². The van der Waals surface area contributed by atoms with Crippen LogP contribution < -0.4 is 4.74 Å². The van der Waals surface area contributed by atoms with Crippen LogP contribution in [0.25, 0.3) is 16.9 Å². The Morgan fingerprint density at radius 2 is 1.85 bits per heavy atom. The summed E-state index contributed by atoms with van der Waals surface area (Å²) in [6, 6.07) is 10.5. The molecule has 4 heterocycles. The summed E-state index contributed by atoms with van der Waals surface area (Å²) in [4.78, 5) is 26.8. The normalized spacial score (nSPS) is 19.1. The Hall–Kier alpha value is -3.99. The third-order valence-corrected chi connectivity index (χ3v) is 8.16. The largest absolute Gasteiger partial charge is 0.497 e. The molecule has 3 aromatic heterocycles. The van der Waals surface area contributed by atoms with E-state index >= 15 is 0 Å². The lowest BCUT2D eigenvalue weighted by Gasteiger charge is -2.43. The molecule has 40 heavy (non-hydrogen) atoms. The summed E-state index contributed by atoms with van der Waals surface area (Å²) in [6.45, 7) is 5.09. The van der Waals surface area contributed by atoms with Crippen LogP contribution in [-0.2, 0) is 11.7 Å². The van der Waals surface area contributed by atoms with Gasteiger partial charge in [-0.2, -0.15) is 18.3 Å². The van der Waals surface area contributed by atoms with Gasteiger partial charge in [-0.15, -0.1) is 0 Å². The molecule has 1 saturated carbocycles. The number of methoxy groups -OCH3 is 1. The summed E-state index contributed by atoms with van der Waals surface area (Å²) in [5.41, 5.74) is 0.656. The number of piperazine rings is 1. The van der Waals surface area contributed by atoms with Gasteiger partial charge in [0.2, 0.25) is 0 Å². The molecule has 1 saturated heterocycles. The van der Waals surface area contributed by atoms with Crippen LogP contribution in [0.5, 0.6) is 5.75 Å². The zero-order chi connectivity index (χ0) is 28.2. The van der Waals surface area contributed by atoms with Crippen LogP contribution in [0.1, 0.15) is 46.9 Å². The van der Waals surface area contributed by atoms with E-state index in [9.17, 15) is 18.0 Å². The van der Waals surface area contributed by atoms with E-state index in [4.69, 9.17) is 4.74 Å². The van der Waals surface area contributed by atoms with Gasteiger partial charge in [-0.05, 0) is 62.6 Å². The Kier molecular flexibility index (Phi) is 6.29. The smallest absolute Gasteiger partial charge is 0.433 e. The summed E-state index contributed by atoms with van der Waals surface area (Å²) >= 11 is 0. The van der Waals surface area contributed by atoms with E-state index in [-0.39, 0.29) is 40.0 Å². The quantitative estimate of drug-likeness (QED) is 0.350. The monoisotopic (exact) mass is 550 g/mol. The summed E-state index contributed by atoms with van der Waals surface area (Å²) in [7, 11) is 1.51. The van der Waals surface area contributed by atoms with Crippen molar-refractivity contribution in [3.05, 3.63) is 77.4 Å². The van der Waals surface area contributed by atoms with E-state index in [1.807, 2.05) is 19.2 Å². The van der Waals surface area contributed by atoms with Crippen LogP contribution in [-0.4, -0.2) is 68.1 Å². The summed E-state index contributed by atoms with van der Waals surface area (Å²) in [5, 5.41) is 4.00. The first-order chi connectivity index (χ1) is 19.1. The molecular weight excluding hydrogens is 521 g/mol. The highest BCUT2D eigenvalue weighted by Crippen LogP contribution is 2.51. The molecule has 0 radical (unpaired) electrons. The van der Waals surface area contributed by atoms with E-state index in [0.717, 1.165) is 17.4 Å². The zero-order valence-electron chi connectivity index (χ0n) is 22.4. The van der Waals surface area contributed by atoms with Gasteiger partial charge >= 0.3 is 6.18 Å². The molecule has 0 unspecified atom stereocenters. The van der Waals surface area contributed by atoms with Crippen molar-refractivity contribution in [2.24, 2.45) is 0 Å². The molecule has 4 aromatic rings. The lowest BCUT2D eigenvalue weighted by atomic mass is 10.0. The number of fused-ring (bicyclic) bond motifs is 1. The van der Waals surface area contributed by atoms with Crippen LogP contribution >= 0.6 is 0 Å².